The molecular formula is C19H40N2. The Labute approximate surface area is 133 Å². The smallest absolute Gasteiger partial charge is 0.0331 e. The van der Waals surface area contributed by atoms with E-state index in [1.54, 1.807) is 0 Å². The van der Waals surface area contributed by atoms with E-state index < -0.39 is 0 Å². The van der Waals surface area contributed by atoms with Gasteiger partial charge in [-0.25, -0.2) is 0 Å². The highest BCUT2D eigenvalue weighted by molar-refractivity contribution is 4.94. The van der Waals surface area contributed by atoms with Gasteiger partial charge in [-0.3, -0.25) is 4.90 Å². The van der Waals surface area contributed by atoms with Gasteiger partial charge < -0.3 is 5.73 Å². The van der Waals surface area contributed by atoms with Crippen molar-refractivity contribution in [2.75, 3.05) is 19.6 Å². The molecule has 0 amide bonds. The van der Waals surface area contributed by atoms with Crippen LogP contribution in [0, 0.1) is 11.8 Å². The molecule has 0 aromatic carbocycles. The minimum atomic E-state index is 0.291. The number of nitrogens with zero attached hydrogens (tertiary/aromatic N) is 1. The molecule has 1 aliphatic rings. The molecule has 0 spiro atoms. The molecule has 126 valence electrons. The molecule has 1 saturated carbocycles. The van der Waals surface area contributed by atoms with E-state index in [0.29, 0.717) is 5.54 Å². The average molecular weight is 297 g/mol. The first-order valence-corrected chi connectivity index (χ1v) is 9.60. The molecule has 0 radical (unpaired) electrons. The summed E-state index contributed by atoms with van der Waals surface area (Å²) in [5, 5.41) is 0. The van der Waals surface area contributed by atoms with Crippen LogP contribution < -0.4 is 5.73 Å². The van der Waals surface area contributed by atoms with Gasteiger partial charge in [0.1, 0.15) is 0 Å². The van der Waals surface area contributed by atoms with E-state index >= 15 is 0 Å². The van der Waals surface area contributed by atoms with Crippen molar-refractivity contribution in [3.63, 3.8) is 0 Å². The van der Waals surface area contributed by atoms with Crippen molar-refractivity contribution in [2.45, 2.75) is 91.0 Å². The van der Waals surface area contributed by atoms with Gasteiger partial charge in [0.25, 0.3) is 0 Å². The van der Waals surface area contributed by atoms with E-state index in [1.807, 2.05) is 0 Å². The van der Waals surface area contributed by atoms with Gasteiger partial charge in [0.05, 0.1) is 0 Å². The highest BCUT2D eigenvalue weighted by Crippen LogP contribution is 2.36. The number of rotatable bonds is 9. The van der Waals surface area contributed by atoms with Crippen LogP contribution in [-0.2, 0) is 0 Å². The number of hydrogen-bond acceptors (Lipinski definition) is 2. The summed E-state index contributed by atoms with van der Waals surface area (Å²) < 4.78 is 0. The number of likely N-dealkylation sites (N-methyl/N-ethyl adjacent to an activating group) is 1. The van der Waals surface area contributed by atoms with Crippen LogP contribution in [0.25, 0.3) is 0 Å². The molecule has 2 N–H and O–H groups in total. The Morgan fingerprint density at radius 3 is 2.33 bits per heavy atom. The average Bonchev–Trinajstić information content (AvgIpc) is 2.72. The van der Waals surface area contributed by atoms with Crippen molar-refractivity contribution in [3.8, 4) is 0 Å². The lowest BCUT2D eigenvalue weighted by Gasteiger charge is -2.44. The van der Waals surface area contributed by atoms with Crippen LogP contribution in [0.3, 0.4) is 0 Å². The van der Waals surface area contributed by atoms with Crippen molar-refractivity contribution in [2.24, 2.45) is 17.6 Å². The van der Waals surface area contributed by atoms with Crippen LogP contribution in [0.15, 0.2) is 0 Å². The Balaban J connectivity index is 2.75. The van der Waals surface area contributed by atoms with Crippen LogP contribution in [-0.4, -0.2) is 30.1 Å². The molecule has 0 aromatic heterocycles. The molecule has 21 heavy (non-hydrogen) atoms. The molecule has 0 saturated heterocycles. The summed E-state index contributed by atoms with van der Waals surface area (Å²) >= 11 is 0. The summed E-state index contributed by atoms with van der Waals surface area (Å²) in [6.07, 6.45) is 12.2. The van der Waals surface area contributed by atoms with E-state index in [0.717, 1.165) is 24.9 Å². The van der Waals surface area contributed by atoms with E-state index in [1.165, 1.54) is 64.3 Å². The molecule has 2 heteroatoms. The van der Waals surface area contributed by atoms with Crippen LogP contribution >= 0.6 is 0 Å². The Kier molecular flexibility index (Phi) is 8.89. The molecule has 1 rings (SSSR count). The van der Waals surface area contributed by atoms with Crippen molar-refractivity contribution in [3.05, 3.63) is 0 Å². The van der Waals surface area contributed by atoms with Gasteiger partial charge in [0.2, 0.25) is 0 Å². The summed E-state index contributed by atoms with van der Waals surface area (Å²) in [4.78, 5) is 2.75. The summed E-state index contributed by atoms with van der Waals surface area (Å²) in [6, 6.07) is 0. The lowest BCUT2D eigenvalue weighted by Crippen LogP contribution is -2.55. The maximum atomic E-state index is 6.32. The summed E-state index contributed by atoms with van der Waals surface area (Å²) in [7, 11) is 0. The minimum Gasteiger partial charge on any atom is -0.329 e. The summed E-state index contributed by atoms with van der Waals surface area (Å²) in [5.41, 5.74) is 6.61. The van der Waals surface area contributed by atoms with Gasteiger partial charge in [0.15, 0.2) is 0 Å². The second-order valence-corrected chi connectivity index (χ2v) is 7.24. The molecule has 0 heterocycles. The molecule has 0 aliphatic heterocycles. The topological polar surface area (TPSA) is 29.3 Å². The quantitative estimate of drug-likeness (QED) is 0.618. The van der Waals surface area contributed by atoms with Gasteiger partial charge in [-0.1, -0.05) is 66.2 Å². The Morgan fingerprint density at radius 1 is 1.10 bits per heavy atom. The lowest BCUT2D eigenvalue weighted by molar-refractivity contribution is 0.0637. The number of nitrogens with two attached hydrogens (primary N) is 1. The van der Waals surface area contributed by atoms with Crippen LogP contribution in [0.4, 0.5) is 0 Å². The lowest BCUT2D eigenvalue weighted by atomic mass is 9.85. The van der Waals surface area contributed by atoms with E-state index in [2.05, 4.69) is 32.6 Å². The first-order valence-electron chi connectivity index (χ1n) is 9.60. The van der Waals surface area contributed by atoms with E-state index in [9.17, 15) is 0 Å². The zero-order valence-electron chi connectivity index (χ0n) is 15.2. The Hall–Kier alpha value is -0.0800. The fourth-order valence-corrected chi connectivity index (χ4v) is 4.33. The second-order valence-electron chi connectivity index (χ2n) is 7.24. The first-order chi connectivity index (χ1) is 10.2. The zero-order chi connectivity index (χ0) is 15.7. The summed E-state index contributed by atoms with van der Waals surface area (Å²) in [5.74, 6) is 1.79. The third-order valence-corrected chi connectivity index (χ3v) is 6.04. The monoisotopic (exact) mass is 296 g/mol. The van der Waals surface area contributed by atoms with Crippen LogP contribution in [0.5, 0.6) is 0 Å². The third-order valence-electron chi connectivity index (χ3n) is 6.04. The molecule has 2 nitrogen and oxygen atoms in total. The van der Waals surface area contributed by atoms with Crippen molar-refractivity contribution < 1.29 is 0 Å². The van der Waals surface area contributed by atoms with E-state index in [4.69, 9.17) is 5.73 Å². The molecule has 0 bridgehead atoms. The first kappa shape index (κ1) is 19.0. The maximum Gasteiger partial charge on any atom is 0.0331 e. The van der Waals surface area contributed by atoms with Gasteiger partial charge in [-0.05, 0) is 37.6 Å². The van der Waals surface area contributed by atoms with Crippen molar-refractivity contribution >= 4 is 0 Å². The van der Waals surface area contributed by atoms with Gasteiger partial charge in [0, 0.05) is 18.6 Å². The minimum absolute atomic E-state index is 0.291. The largest absolute Gasteiger partial charge is 0.329 e. The van der Waals surface area contributed by atoms with Crippen LogP contribution in [0.1, 0.15) is 85.5 Å². The fraction of sp³-hybridized carbons (Fsp3) is 1.00. The highest BCUT2D eigenvalue weighted by atomic mass is 15.2. The second kappa shape index (κ2) is 9.84. The van der Waals surface area contributed by atoms with E-state index in [-0.39, 0.29) is 0 Å². The molecular weight excluding hydrogens is 256 g/mol. The molecule has 1 fully saturated rings. The Bertz CT molecular complexity index is 262. The molecule has 2 unspecified atom stereocenters. The maximum absolute atomic E-state index is 6.32. The third kappa shape index (κ3) is 5.25. The SMILES string of the molecule is CCCC1CCCC(CN)(N(CC)CC(CC)CC)CC1. The molecule has 0 aromatic rings. The number of hydrogen-bond donors (Lipinski definition) is 1. The van der Waals surface area contributed by atoms with Gasteiger partial charge in [-0.15, -0.1) is 0 Å². The van der Waals surface area contributed by atoms with Gasteiger partial charge >= 0.3 is 0 Å². The zero-order valence-corrected chi connectivity index (χ0v) is 15.2. The normalized spacial score (nSPS) is 27.3. The van der Waals surface area contributed by atoms with Crippen LogP contribution in [0.2, 0.25) is 0 Å². The molecule has 1 aliphatic carbocycles. The highest BCUT2D eigenvalue weighted by Gasteiger charge is 2.37. The Morgan fingerprint density at radius 2 is 1.81 bits per heavy atom. The predicted octanol–water partition coefficient (Wildman–Crippen LogP) is 4.82. The summed E-state index contributed by atoms with van der Waals surface area (Å²) in [6.45, 7) is 12.6. The predicted molar refractivity (Wildman–Crippen MR) is 94.6 cm³/mol. The standard InChI is InChI=1S/C19H40N2/c1-5-10-18-11-9-13-19(16-20,14-12-18)21(8-4)15-17(6-2)7-3/h17-18H,5-16,20H2,1-4H3. The molecule has 2 atom stereocenters. The van der Waals surface area contributed by atoms with Crippen molar-refractivity contribution in [1.82, 2.24) is 4.90 Å². The van der Waals surface area contributed by atoms with Gasteiger partial charge in [-0.2, -0.15) is 0 Å². The fourth-order valence-electron chi connectivity index (χ4n) is 4.33. The van der Waals surface area contributed by atoms with Crippen molar-refractivity contribution in [1.29, 1.82) is 0 Å².